The Hall–Kier alpha value is -0.120. The van der Waals surface area contributed by atoms with E-state index in [4.69, 9.17) is 0 Å². The number of nitrogens with one attached hydrogen (secondary N) is 1. The Morgan fingerprint density at radius 2 is 1.93 bits per heavy atom. The van der Waals surface area contributed by atoms with Gasteiger partial charge in [0, 0.05) is 13.1 Å². The van der Waals surface area contributed by atoms with E-state index in [1.807, 2.05) is 13.8 Å². The molecule has 0 aromatic rings. The Kier molecular flexibility index (Phi) is 5.03. The van der Waals surface area contributed by atoms with Crippen LogP contribution in [0.1, 0.15) is 46.0 Å². The lowest BCUT2D eigenvalue weighted by Crippen LogP contribution is -2.42. The van der Waals surface area contributed by atoms with Gasteiger partial charge in [0.05, 0.1) is 11.7 Å². The van der Waals surface area contributed by atoms with Crippen LogP contribution in [0, 0.1) is 5.92 Å². The summed E-state index contributed by atoms with van der Waals surface area (Å²) in [7, 11) is 0. The summed E-state index contributed by atoms with van der Waals surface area (Å²) >= 11 is 0. The molecule has 0 amide bonds. The van der Waals surface area contributed by atoms with Crippen molar-refractivity contribution in [3.05, 3.63) is 0 Å². The summed E-state index contributed by atoms with van der Waals surface area (Å²) in [6.07, 6.45) is 4.63. The van der Waals surface area contributed by atoms with Gasteiger partial charge in [0.1, 0.15) is 0 Å². The first kappa shape index (κ1) is 12.9. The highest BCUT2D eigenvalue weighted by molar-refractivity contribution is 4.82. The normalized spacial score (nSPS) is 27.2. The van der Waals surface area contributed by atoms with E-state index in [0.29, 0.717) is 12.5 Å². The van der Waals surface area contributed by atoms with Gasteiger partial charge in [0.25, 0.3) is 0 Å². The van der Waals surface area contributed by atoms with Crippen LogP contribution in [0.2, 0.25) is 0 Å². The Morgan fingerprint density at radius 1 is 1.27 bits per heavy atom. The Bertz CT molecular complexity index is 180. The minimum absolute atomic E-state index is 0.131. The molecule has 3 N–H and O–H groups in total. The molecule has 0 aromatic heterocycles. The van der Waals surface area contributed by atoms with Gasteiger partial charge >= 0.3 is 0 Å². The molecule has 0 spiro atoms. The van der Waals surface area contributed by atoms with Crippen LogP contribution in [0.4, 0.5) is 0 Å². The number of hydrogen-bond acceptors (Lipinski definition) is 3. The van der Waals surface area contributed by atoms with E-state index < -0.39 is 5.60 Å². The quantitative estimate of drug-likeness (QED) is 0.626. The summed E-state index contributed by atoms with van der Waals surface area (Å²) in [5, 5.41) is 23.0. The minimum atomic E-state index is -0.566. The van der Waals surface area contributed by atoms with E-state index in [9.17, 15) is 10.2 Å². The largest absolute Gasteiger partial charge is 0.393 e. The third-order valence-electron chi connectivity index (χ3n) is 3.80. The van der Waals surface area contributed by atoms with Crippen molar-refractivity contribution in [1.29, 1.82) is 0 Å². The molecule has 0 aromatic carbocycles. The number of aliphatic hydroxyl groups excluding tert-OH is 1. The lowest BCUT2D eigenvalue weighted by molar-refractivity contribution is 0.0298. The first-order valence-corrected chi connectivity index (χ1v) is 6.22. The molecule has 15 heavy (non-hydrogen) atoms. The zero-order valence-electron chi connectivity index (χ0n) is 10.00. The molecule has 90 valence electrons. The van der Waals surface area contributed by atoms with Crippen molar-refractivity contribution in [2.75, 3.05) is 13.1 Å². The molecule has 1 aliphatic carbocycles. The van der Waals surface area contributed by atoms with E-state index in [1.165, 1.54) is 0 Å². The van der Waals surface area contributed by atoms with E-state index >= 15 is 0 Å². The van der Waals surface area contributed by atoms with Gasteiger partial charge in [-0.2, -0.15) is 0 Å². The molecule has 1 rings (SSSR count). The molecule has 0 aliphatic heterocycles. The molecule has 1 fully saturated rings. The van der Waals surface area contributed by atoms with Gasteiger partial charge in [-0.15, -0.1) is 0 Å². The number of aliphatic hydroxyl groups is 2. The Balaban J connectivity index is 2.20. The first-order chi connectivity index (χ1) is 7.11. The van der Waals surface area contributed by atoms with Gasteiger partial charge in [0.15, 0.2) is 0 Å². The van der Waals surface area contributed by atoms with Gasteiger partial charge in [-0.25, -0.2) is 0 Å². The SMILES string of the molecule is CCC(O)(CC)CNCC1CCCC1O. The van der Waals surface area contributed by atoms with Crippen LogP contribution in [0.3, 0.4) is 0 Å². The lowest BCUT2D eigenvalue weighted by Gasteiger charge is -2.26. The summed E-state index contributed by atoms with van der Waals surface area (Å²) in [5.74, 6) is 0.392. The van der Waals surface area contributed by atoms with Crippen LogP contribution in [0.15, 0.2) is 0 Å². The molecule has 2 atom stereocenters. The van der Waals surface area contributed by atoms with Crippen LogP contribution in [-0.2, 0) is 0 Å². The standard InChI is InChI=1S/C12H25NO2/c1-3-12(15,4-2)9-13-8-10-6-5-7-11(10)14/h10-11,13-15H,3-9H2,1-2H3. The predicted octanol–water partition coefficient (Wildman–Crippen LogP) is 1.29. The van der Waals surface area contributed by atoms with Crippen molar-refractivity contribution in [2.45, 2.75) is 57.7 Å². The van der Waals surface area contributed by atoms with Crippen LogP contribution in [0.5, 0.6) is 0 Å². The van der Waals surface area contributed by atoms with Gasteiger partial charge in [-0.1, -0.05) is 20.3 Å². The van der Waals surface area contributed by atoms with Crippen LogP contribution in [0.25, 0.3) is 0 Å². The van der Waals surface area contributed by atoms with Crippen molar-refractivity contribution in [3.8, 4) is 0 Å². The summed E-state index contributed by atoms with van der Waals surface area (Å²) in [4.78, 5) is 0. The van der Waals surface area contributed by atoms with Crippen molar-refractivity contribution in [1.82, 2.24) is 5.32 Å². The zero-order valence-corrected chi connectivity index (χ0v) is 10.00. The zero-order chi connectivity index (χ0) is 11.3. The molecule has 0 saturated heterocycles. The summed E-state index contributed by atoms with van der Waals surface area (Å²) in [5.41, 5.74) is -0.566. The smallest absolute Gasteiger partial charge is 0.0766 e. The first-order valence-electron chi connectivity index (χ1n) is 6.22. The second-order valence-electron chi connectivity index (χ2n) is 4.82. The lowest BCUT2D eigenvalue weighted by atomic mass is 9.97. The molecule has 3 heteroatoms. The van der Waals surface area contributed by atoms with E-state index in [-0.39, 0.29) is 6.10 Å². The van der Waals surface area contributed by atoms with Gasteiger partial charge in [-0.05, 0) is 31.6 Å². The van der Waals surface area contributed by atoms with Gasteiger partial charge in [-0.3, -0.25) is 0 Å². The second kappa shape index (κ2) is 5.83. The molecular weight excluding hydrogens is 190 g/mol. The third kappa shape index (κ3) is 3.74. The fourth-order valence-electron chi connectivity index (χ4n) is 2.25. The maximum atomic E-state index is 10.0. The molecule has 1 aliphatic rings. The fourth-order valence-corrected chi connectivity index (χ4v) is 2.25. The van der Waals surface area contributed by atoms with E-state index in [0.717, 1.165) is 38.6 Å². The van der Waals surface area contributed by atoms with Crippen molar-refractivity contribution in [2.24, 2.45) is 5.92 Å². The third-order valence-corrected chi connectivity index (χ3v) is 3.80. The van der Waals surface area contributed by atoms with Crippen LogP contribution in [-0.4, -0.2) is 35.0 Å². The summed E-state index contributed by atoms with van der Waals surface area (Å²) < 4.78 is 0. The number of rotatable bonds is 6. The van der Waals surface area contributed by atoms with Crippen molar-refractivity contribution >= 4 is 0 Å². The minimum Gasteiger partial charge on any atom is -0.393 e. The maximum Gasteiger partial charge on any atom is 0.0766 e. The predicted molar refractivity (Wildman–Crippen MR) is 61.7 cm³/mol. The Labute approximate surface area is 92.9 Å². The summed E-state index contributed by atoms with van der Waals surface area (Å²) in [6, 6.07) is 0. The van der Waals surface area contributed by atoms with Gasteiger partial charge < -0.3 is 15.5 Å². The van der Waals surface area contributed by atoms with Crippen LogP contribution >= 0.6 is 0 Å². The molecule has 0 bridgehead atoms. The highest BCUT2D eigenvalue weighted by atomic mass is 16.3. The van der Waals surface area contributed by atoms with Crippen molar-refractivity contribution < 1.29 is 10.2 Å². The average molecular weight is 215 g/mol. The van der Waals surface area contributed by atoms with Crippen LogP contribution < -0.4 is 5.32 Å². The molecule has 2 unspecified atom stereocenters. The molecule has 0 heterocycles. The Morgan fingerprint density at radius 3 is 2.40 bits per heavy atom. The second-order valence-corrected chi connectivity index (χ2v) is 4.82. The average Bonchev–Trinajstić information content (AvgIpc) is 2.64. The molecule has 0 radical (unpaired) electrons. The molecule has 1 saturated carbocycles. The topological polar surface area (TPSA) is 52.5 Å². The van der Waals surface area contributed by atoms with E-state index in [2.05, 4.69) is 5.32 Å². The highest BCUT2D eigenvalue weighted by Crippen LogP contribution is 2.24. The maximum absolute atomic E-state index is 10.0. The van der Waals surface area contributed by atoms with Crippen molar-refractivity contribution in [3.63, 3.8) is 0 Å². The monoisotopic (exact) mass is 215 g/mol. The molecular formula is C12H25NO2. The summed E-state index contributed by atoms with van der Waals surface area (Å²) in [6.45, 7) is 5.50. The van der Waals surface area contributed by atoms with Gasteiger partial charge in [0.2, 0.25) is 0 Å². The highest BCUT2D eigenvalue weighted by Gasteiger charge is 2.26. The number of hydrogen-bond donors (Lipinski definition) is 3. The van der Waals surface area contributed by atoms with E-state index in [1.54, 1.807) is 0 Å². The fraction of sp³-hybridized carbons (Fsp3) is 1.00. The molecule has 3 nitrogen and oxygen atoms in total.